The fraction of sp³-hybridized carbons (Fsp3) is 0.471. The molecule has 3 rings (SSSR count). The summed E-state index contributed by atoms with van der Waals surface area (Å²) >= 11 is 3.01. The van der Waals surface area contributed by atoms with Gasteiger partial charge in [-0.15, -0.1) is 10.2 Å². The second-order valence-corrected chi connectivity index (χ2v) is 8.34. The first-order chi connectivity index (χ1) is 11.0. The fourth-order valence-corrected chi connectivity index (χ4v) is 4.26. The van der Waals surface area contributed by atoms with Crippen LogP contribution in [0.15, 0.2) is 10.4 Å². The lowest BCUT2D eigenvalue weighted by molar-refractivity contribution is 0.102. The average molecular weight is 348 g/mol. The number of rotatable bonds is 6. The molecule has 6 heteroatoms. The predicted octanol–water partition coefficient (Wildman–Crippen LogP) is 4.32. The summed E-state index contributed by atoms with van der Waals surface area (Å²) in [6.45, 7) is 8.18. The first-order valence-corrected chi connectivity index (χ1v) is 9.59. The molecule has 122 valence electrons. The van der Waals surface area contributed by atoms with Crippen molar-refractivity contribution in [1.29, 1.82) is 0 Å². The Morgan fingerprint density at radius 2 is 1.87 bits per heavy atom. The van der Waals surface area contributed by atoms with Gasteiger partial charge >= 0.3 is 0 Å². The second-order valence-electron chi connectivity index (χ2n) is 6.14. The van der Waals surface area contributed by atoms with E-state index in [0.717, 1.165) is 26.2 Å². The fourth-order valence-electron chi connectivity index (χ4n) is 2.56. The molecule has 0 unspecified atom stereocenters. The summed E-state index contributed by atoms with van der Waals surface area (Å²) in [7, 11) is 0. The highest BCUT2D eigenvalue weighted by Gasteiger charge is 2.22. The lowest BCUT2D eigenvalue weighted by Crippen LogP contribution is -2.09. The van der Waals surface area contributed by atoms with E-state index < -0.39 is 0 Å². The first-order valence-electron chi connectivity index (χ1n) is 7.79. The van der Waals surface area contributed by atoms with Crippen LogP contribution in [0, 0.1) is 27.7 Å². The zero-order valence-corrected chi connectivity index (χ0v) is 15.5. The maximum absolute atomic E-state index is 12.7. The van der Waals surface area contributed by atoms with E-state index in [0.29, 0.717) is 11.8 Å². The minimum Gasteiger partial charge on any atom is -0.357 e. The molecule has 0 saturated heterocycles. The Kier molecular flexibility index (Phi) is 4.73. The molecule has 0 radical (unpaired) electrons. The molecule has 4 nitrogen and oxygen atoms in total. The average Bonchev–Trinajstić information content (AvgIpc) is 3.20. The highest BCUT2D eigenvalue weighted by Crippen LogP contribution is 2.31. The van der Waals surface area contributed by atoms with Gasteiger partial charge in [0.25, 0.3) is 0 Å². The summed E-state index contributed by atoms with van der Waals surface area (Å²) in [5.74, 6) is 0.575. The van der Waals surface area contributed by atoms with Crippen molar-refractivity contribution in [2.45, 2.75) is 50.9 Å². The molecule has 1 aliphatic rings. The SMILES string of the molecule is Cc1cc(C)c(C)c(C(=O)CSc2nnc(NC3CC3)s2)c1C. The van der Waals surface area contributed by atoms with E-state index in [-0.39, 0.29) is 5.78 Å². The normalized spacial score (nSPS) is 14.1. The van der Waals surface area contributed by atoms with E-state index in [2.05, 4.69) is 35.4 Å². The number of carbonyl (C=O) groups is 1. The first kappa shape index (κ1) is 16.5. The molecule has 1 N–H and O–H groups in total. The van der Waals surface area contributed by atoms with Gasteiger partial charge in [-0.2, -0.15) is 0 Å². The molecule has 0 aliphatic heterocycles. The standard InChI is InChI=1S/C17H21N3OS2/c1-9-7-10(2)12(4)15(11(9)3)14(21)8-22-17-20-19-16(23-17)18-13-5-6-13/h7,13H,5-6,8H2,1-4H3,(H,18,19). The third kappa shape index (κ3) is 3.75. The number of thioether (sulfide) groups is 1. The van der Waals surface area contributed by atoms with Crippen molar-refractivity contribution in [2.24, 2.45) is 0 Å². The lowest BCUT2D eigenvalue weighted by atomic mass is 9.92. The molecule has 23 heavy (non-hydrogen) atoms. The van der Waals surface area contributed by atoms with Crippen LogP contribution in [0.2, 0.25) is 0 Å². The molecule has 1 aromatic carbocycles. The van der Waals surface area contributed by atoms with Crippen LogP contribution in [-0.4, -0.2) is 27.8 Å². The van der Waals surface area contributed by atoms with Crippen LogP contribution in [0.25, 0.3) is 0 Å². The maximum atomic E-state index is 12.7. The van der Waals surface area contributed by atoms with E-state index in [9.17, 15) is 4.79 Å². The van der Waals surface area contributed by atoms with E-state index in [4.69, 9.17) is 0 Å². The Balaban J connectivity index is 1.68. The number of aryl methyl sites for hydroxylation is 2. The number of aromatic nitrogens is 2. The van der Waals surface area contributed by atoms with Gasteiger partial charge in [0, 0.05) is 11.6 Å². The van der Waals surface area contributed by atoms with Crippen LogP contribution in [0.4, 0.5) is 5.13 Å². The number of ketones is 1. The largest absolute Gasteiger partial charge is 0.357 e. The molecule has 1 fully saturated rings. The quantitative estimate of drug-likeness (QED) is 0.623. The van der Waals surface area contributed by atoms with Gasteiger partial charge in [0.05, 0.1) is 5.75 Å². The van der Waals surface area contributed by atoms with Crippen LogP contribution in [-0.2, 0) is 0 Å². The molecule has 0 amide bonds. The summed E-state index contributed by atoms with van der Waals surface area (Å²) < 4.78 is 0.848. The van der Waals surface area contributed by atoms with E-state index >= 15 is 0 Å². The molecular weight excluding hydrogens is 326 g/mol. The van der Waals surface area contributed by atoms with Gasteiger partial charge in [-0.3, -0.25) is 4.79 Å². The second kappa shape index (κ2) is 6.61. The van der Waals surface area contributed by atoms with Crippen LogP contribution >= 0.6 is 23.1 Å². The summed E-state index contributed by atoms with van der Waals surface area (Å²) in [5.41, 5.74) is 5.40. The van der Waals surface area contributed by atoms with Crippen molar-refractivity contribution < 1.29 is 4.79 Å². The number of benzene rings is 1. The van der Waals surface area contributed by atoms with Gasteiger partial charge in [-0.05, 0) is 62.8 Å². The maximum Gasteiger partial charge on any atom is 0.206 e. The highest BCUT2D eigenvalue weighted by atomic mass is 32.2. The van der Waals surface area contributed by atoms with Crippen LogP contribution in [0.5, 0.6) is 0 Å². The molecule has 0 spiro atoms. The van der Waals surface area contributed by atoms with Crippen molar-refractivity contribution in [1.82, 2.24) is 10.2 Å². The molecular formula is C17H21N3OS2. The van der Waals surface area contributed by atoms with Crippen molar-refractivity contribution in [3.05, 3.63) is 33.9 Å². The van der Waals surface area contributed by atoms with Crippen LogP contribution < -0.4 is 5.32 Å². The molecule has 1 heterocycles. The number of nitrogens with one attached hydrogen (secondary N) is 1. The highest BCUT2D eigenvalue weighted by molar-refractivity contribution is 8.01. The zero-order valence-electron chi connectivity index (χ0n) is 13.9. The lowest BCUT2D eigenvalue weighted by Gasteiger charge is -2.13. The number of hydrogen-bond acceptors (Lipinski definition) is 6. The zero-order chi connectivity index (χ0) is 16.6. The minimum atomic E-state index is 0.170. The Bertz CT molecular complexity index is 724. The van der Waals surface area contributed by atoms with Gasteiger partial charge in [-0.25, -0.2) is 0 Å². The van der Waals surface area contributed by atoms with Gasteiger partial charge < -0.3 is 5.32 Å². The van der Waals surface area contributed by atoms with E-state index in [1.807, 2.05) is 13.8 Å². The Hall–Kier alpha value is -1.40. The number of Topliss-reactive ketones (excluding diaryl/α,β-unsaturated/α-hetero) is 1. The minimum absolute atomic E-state index is 0.170. The van der Waals surface area contributed by atoms with Crippen molar-refractivity contribution in [3.8, 4) is 0 Å². The molecule has 2 aromatic rings. The van der Waals surface area contributed by atoms with Crippen molar-refractivity contribution >= 4 is 34.0 Å². The molecule has 1 aliphatic carbocycles. The Labute approximate surface area is 145 Å². The molecule has 0 atom stereocenters. The third-order valence-electron chi connectivity index (χ3n) is 4.28. The van der Waals surface area contributed by atoms with Gasteiger partial charge in [-0.1, -0.05) is 29.2 Å². The topological polar surface area (TPSA) is 54.9 Å². The van der Waals surface area contributed by atoms with Gasteiger partial charge in [0.15, 0.2) is 10.1 Å². The Morgan fingerprint density at radius 1 is 1.22 bits per heavy atom. The van der Waals surface area contributed by atoms with E-state index in [1.165, 1.54) is 47.1 Å². The molecule has 1 aromatic heterocycles. The number of anilines is 1. The monoisotopic (exact) mass is 347 g/mol. The smallest absolute Gasteiger partial charge is 0.206 e. The number of carbonyl (C=O) groups excluding carboxylic acids is 1. The van der Waals surface area contributed by atoms with Gasteiger partial charge in [0.1, 0.15) is 0 Å². The summed E-state index contributed by atoms with van der Waals surface area (Å²) in [6.07, 6.45) is 2.43. The molecule has 1 saturated carbocycles. The third-order valence-corrected chi connectivity index (χ3v) is 6.27. The van der Waals surface area contributed by atoms with Crippen molar-refractivity contribution in [3.63, 3.8) is 0 Å². The summed E-state index contributed by atoms with van der Waals surface area (Å²) in [6, 6.07) is 2.72. The summed E-state index contributed by atoms with van der Waals surface area (Å²) in [4.78, 5) is 12.7. The van der Waals surface area contributed by atoms with Crippen molar-refractivity contribution in [2.75, 3.05) is 11.1 Å². The number of nitrogens with zero attached hydrogens (tertiary/aromatic N) is 2. The number of hydrogen-bond donors (Lipinski definition) is 1. The van der Waals surface area contributed by atoms with E-state index in [1.54, 1.807) is 0 Å². The predicted molar refractivity (Wildman–Crippen MR) is 97.0 cm³/mol. The van der Waals surface area contributed by atoms with Gasteiger partial charge in [0.2, 0.25) is 5.13 Å². The van der Waals surface area contributed by atoms with Crippen LogP contribution in [0.3, 0.4) is 0 Å². The summed E-state index contributed by atoms with van der Waals surface area (Å²) in [5, 5.41) is 12.5. The Morgan fingerprint density at radius 3 is 2.48 bits per heavy atom. The molecule has 0 bridgehead atoms. The van der Waals surface area contributed by atoms with Crippen LogP contribution in [0.1, 0.15) is 45.5 Å².